The average molecular weight is 229 g/mol. The van der Waals surface area contributed by atoms with E-state index in [9.17, 15) is 8.42 Å². The summed E-state index contributed by atoms with van der Waals surface area (Å²) in [5.41, 5.74) is 6.24. The van der Waals surface area contributed by atoms with Crippen LogP contribution in [0.4, 0.5) is 0 Å². The summed E-state index contributed by atoms with van der Waals surface area (Å²) in [7, 11) is -4.14. The molecule has 1 unspecified atom stereocenters. The third-order valence-electron chi connectivity index (χ3n) is 2.48. The van der Waals surface area contributed by atoms with E-state index in [2.05, 4.69) is 0 Å². The second-order valence-electron chi connectivity index (χ2n) is 3.79. The smallest absolute Gasteiger partial charge is 0.271 e. The van der Waals surface area contributed by atoms with Gasteiger partial charge in [0.25, 0.3) is 10.1 Å². The highest BCUT2D eigenvalue weighted by atomic mass is 32.2. The summed E-state index contributed by atoms with van der Waals surface area (Å²) in [4.78, 5) is 0. The molecule has 0 radical (unpaired) electrons. The molecule has 0 saturated carbocycles. The predicted octanol–water partition coefficient (Wildman–Crippen LogP) is 0.834. The summed E-state index contributed by atoms with van der Waals surface area (Å²) in [6, 6.07) is 9.08. The molecular formula is C10H15NO3S. The Labute approximate surface area is 89.9 Å². The fourth-order valence-electron chi connectivity index (χ4n) is 1.30. The van der Waals surface area contributed by atoms with Crippen LogP contribution in [0.1, 0.15) is 12.5 Å². The molecule has 84 valence electrons. The second-order valence-corrected chi connectivity index (χ2v) is 5.73. The van der Waals surface area contributed by atoms with Crippen molar-refractivity contribution in [1.29, 1.82) is 0 Å². The maximum absolute atomic E-state index is 11.2. The van der Waals surface area contributed by atoms with Crippen LogP contribution >= 0.6 is 0 Å². The van der Waals surface area contributed by atoms with Crippen molar-refractivity contribution in [3.63, 3.8) is 0 Å². The molecule has 0 aliphatic carbocycles. The van der Waals surface area contributed by atoms with Gasteiger partial charge in [0.15, 0.2) is 0 Å². The fraction of sp³-hybridized carbons (Fsp3) is 0.400. The number of hydrogen-bond donors (Lipinski definition) is 2. The van der Waals surface area contributed by atoms with Gasteiger partial charge >= 0.3 is 0 Å². The van der Waals surface area contributed by atoms with Gasteiger partial charge in [0.2, 0.25) is 0 Å². The van der Waals surface area contributed by atoms with Crippen LogP contribution in [0.5, 0.6) is 0 Å². The van der Waals surface area contributed by atoms with Gasteiger partial charge in [0.1, 0.15) is 4.75 Å². The summed E-state index contributed by atoms with van der Waals surface area (Å²) < 4.78 is 30.1. The van der Waals surface area contributed by atoms with Crippen LogP contribution < -0.4 is 5.73 Å². The predicted molar refractivity (Wildman–Crippen MR) is 59.2 cm³/mol. The first-order valence-corrected chi connectivity index (χ1v) is 6.04. The molecular weight excluding hydrogens is 214 g/mol. The molecule has 0 fully saturated rings. The van der Waals surface area contributed by atoms with Crippen LogP contribution in [0.3, 0.4) is 0 Å². The number of nitrogens with two attached hydrogens (primary N) is 1. The Morgan fingerprint density at radius 3 is 2.27 bits per heavy atom. The minimum atomic E-state index is -4.14. The largest absolute Gasteiger partial charge is 0.329 e. The normalized spacial score (nSPS) is 15.9. The third kappa shape index (κ3) is 2.77. The van der Waals surface area contributed by atoms with Gasteiger partial charge < -0.3 is 5.73 Å². The van der Waals surface area contributed by atoms with E-state index in [1.165, 1.54) is 6.92 Å². The van der Waals surface area contributed by atoms with Crippen LogP contribution in [0.2, 0.25) is 0 Å². The summed E-state index contributed by atoms with van der Waals surface area (Å²) >= 11 is 0. The molecule has 0 aliphatic heterocycles. The zero-order valence-corrected chi connectivity index (χ0v) is 9.37. The molecule has 0 heterocycles. The van der Waals surface area contributed by atoms with E-state index in [1.807, 2.05) is 18.2 Å². The molecule has 0 spiro atoms. The van der Waals surface area contributed by atoms with Crippen molar-refractivity contribution in [2.45, 2.75) is 18.1 Å². The molecule has 15 heavy (non-hydrogen) atoms. The molecule has 0 aromatic heterocycles. The Morgan fingerprint density at radius 1 is 1.33 bits per heavy atom. The van der Waals surface area contributed by atoms with Crippen LogP contribution in [0, 0.1) is 0 Å². The SMILES string of the molecule is CC(CN)(Cc1ccccc1)S(=O)(=O)O. The van der Waals surface area contributed by atoms with E-state index in [0.717, 1.165) is 5.56 Å². The number of hydrogen-bond acceptors (Lipinski definition) is 3. The lowest BCUT2D eigenvalue weighted by atomic mass is 10.0. The van der Waals surface area contributed by atoms with Crippen molar-refractivity contribution < 1.29 is 13.0 Å². The van der Waals surface area contributed by atoms with Crippen molar-refractivity contribution >= 4 is 10.1 Å². The Bertz CT molecular complexity index is 416. The van der Waals surface area contributed by atoms with Crippen LogP contribution in [0.15, 0.2) is 30.3 Å². The molecule has 0 saturated heterocycles. The van der Waals surface area contributed by atoms with Crippen LogP contribution in [0.25, 0.3) is 0 Å². The van der Waals surface area contributed by atoms with E-state index in [1.54, 1.807) is 12.1 Å². The third-order valence-corrected chi connectivity index (χ3v) is 4.03. The fourth-order valence-corrected chi connectivity index (χ4v) is 1.86. The molecule has 1 atom stereocenters. The minimum Gasteiger partial charge on any atom is -0.329 e. The van der Waals surface area contributed by atoms with Crippen molar-refractivity contribution in [2.75, 3.05) is 6.54 Å². The maximum Gasteiger partial charge on any atom is 0.271 e. The molecule has 4 nitrogen and oxygen atoms in total. The first-order valence-electron chi connectivity index (χ1n) is 4.60. The molecule has 3 N–H and O–H groups in total. The first kappa shape index (κ1) is 12.2. The molecule has 5 heteroatoms. The Kier molecular flexibility index (Phi) is 3.49. The van der Waals surface area contributed by atoms with Gasteiger partial charge in [-0.25, -0.2) is 0 Å². The van der Waals surface area contributed by atoms with E-state index in [4.69, 9.17) is 10.3 Å². The number of rotatable bonds is 4. The van der Waals surface area contributed by atoms with Gasteiger partial charge in [-0.1, -0.05) is 30.3 Å². The van der Waals surface area contributed by atoms with Gasteiger partial charge in [-0.2, -0.15) is 8.42 Å². The zero-order chi connectivity index (χ0) is 11.5. The summed E-state index contributed by atoms with van der Waals surface area (Å²) in [5.74, 6) is 0. The molecule has 1 aromatic rings. The van der Waals surface area contributed by atoms with Gasteiger partial charge in [-0.05, 0) is 18.9 Å². The van der Waals surface area contributed by atoms with E-state index < -0.39 is 14.9 Å². The summed E-state index contributed by atoms with van der Waals surface area (Å²) in [5, 5.41) is 0. The monoisotopic (exact) mass is 229 g/mol. The first-order chi connectivity index (χ1) is 6.89. The lowest BCUT2D eigenvalue weighted by Crippen LogP contribution is -2.44. The average Bonchev–Trinajstić information content (AvgIpc) is 2.17. The Morgan fingerprint density at radius 2 is 1.87 bits per heavy atom. The lowest BCUT2D eigenvalue weighted by molar-refractivity contribution is 0.431. The van der Waals surface area contributed by atoms with Crippen molar-refractivity contribution in [2.24, 2.45) is 5.73 Å². The van der Waals surface area contributed by atoms with E-state index in [0.29, 0.717) is 0 Å². The minimum absolute atomic E-state index is 0.110. The standard InChI is InChI=1S/C10H15NO3S/c1-10(8-11,15(12,13)14)7-9-5-3-2-4-6-9/h2-6H,7-8,11H2,1H3,(H,12,13,14). The summed E-state index contributed by atoms with van der Waals surface area (Å²) in [6.07, 6.45) is 0.211. The maximum atomic E-state index is 11.2. The molecule has 1 rings (SSSR count). The quantitative estimate of drug-likeness (QED) is 0.749. The topological polar surface area (TPSA) is 80.4 Å². The molecule has 0 amide bonds. The highest BCUT2D eigenvalue weighted by Gasteiger charge is 2.36. The Balaban J connectivity index is 2.97. The highest BCUT2D eigenvalue weighted by molar-refractivity contribution is 7.87. The van der Waals surface area contributed by atoms with Crippen molar-refractivity contribution in [1.82, 2.24) is 0 Å². The van der Waals surface area contributed by atoms with Crippen LogP contribution in [-0.4, -0.2) is 24.3 Å². The van der Waals surface area contributed by atoms with E-state index >= 15 is 0 Å². The van der Waals surface area contributed by atoms with Gasteiger partial charge in [-0.3, -0.25) is 4.55 Å². The number of benzene rings is 1. The summed E-state index contributed by atoms with van der Waals surface area (Å²) in [6.45, 7) is 1.33. The van der Waals surface area contributed by atoms with Crippen molar-refractivity contribution in [3.8, 4) is 0 Å². The lowest BCUT2D eigenvalue weighted by Gasteiger charge is -2.24. The van der Waals surface area contributed by atoms with Crippen LogP contribution in [-0.2, 0) is 16.5 Å². The second kappa shape index (κ2) is 4.30. The van der Waals surface area contributed by atoms with Crippen molar-refractivity contribution in [3.05, 3.63) is 35.9 Å². The zero-order valence-electron chi connectivity index (χ0n) is 8.55. The van der Waals surface area contributed by atoms with Gasteiger partial charge in [-0.15, -0.1) is 0 Å². The molecule has 1 aromatic carbocycles. The van der Waals surface area contributed by atoms with Gasteiger partial charge in [0.05, 0.1) is 0 Å². The molecule has 0 aliphatic rings. The van der Waals surface area contributed by atoms with Gasteiger partial charge in [0, 0.05) is 6.54 Å². The highest BCUT2D eigenvalue weighted by Crippen LogP contribution is 2.20. The van der Waals surface area contributed by atoms with E-state index in [-0.39, 0.29) is 13.0 Å². The Hall–Kier alpha value is -0.910. The molecule has 0 bridgehead atoms.